The van der Waals surface area contributed by atoms with E-state index in [-0.39, 0.29) is 5.91 Å². The van der Waals surface area contributed by atoms with Crippen molar-refractivity contribution in [3.8, 4) is 11.4 Å². The van der Waals surface area contributed by atoms with Crippen molar-refractivity contribution < 1.29 is 4.79 Å². The number of fused-ring (bicyclic) bond motifs is 1. The van der Waals surface area contributed by atoms with Gasteiger partial charge in [0.1, 0.15) is 5.82 Å². The number of carbonyl (C=O) groups is 1. The van der Waals surface area contributed by atoms with Crippen LogP contribution < -0.4 is 5.32 Å². The van der Waals surface area contributed by atoms with Crippen molar-refractivity contribution in [2.24, 2.45) is 0 Å². The van der Waals surface area contributed by atoms with E-state index < -0.39 is 0 Å². The third-order valence-corrected chi connectivity index (χ3v) is 3.17. The van der Waals surface area contributed by atoms with E-state index in [0.717, 1.165) is 28.1 Å². The van der Waals surface area contributed by atoms with Gasteiger partial charge in [0.25, 0.3) is 0 Å². The summed E-state index contributed by atoms with van der Waals surface area (Å²) in [5.74, 6) is 0.756. The predicted molar refractivity (Wildman–Crippen MR) is 80.5 cm³/mol. The molecule has 1 amide bonds. The minimum Gasteiger partial charge on any atom is -0.338 e. The third kappa shape index (κ3) is 2.28. The molecule has 3 rings (SSSR count). The highest BCUT2D eigenvalue weighted by Crippen LogP contribution is 2.27. The van der Waals surface area contributed by atoms with Crippen LogP contribution in [0.2, 0.25) is 0 Å². The average molecular weight is 265 g/mol. The number of aromatic nitrogens is 2. The zero-order valence-corrected chi connectivity index (χ0v) is 11.2. The number of nitrogens with zero attached hydrogens (tertiary/aromatic N) is 1. The number of H-pyrrole nitrogens is 1. The second-order valence-electron chi connectivity index (χ2n) is 4.55. The third-order valence-electron chi connectivity index (χ3n) is 3.17. The number of rotatable bonds is 3. The van der Waals surface area contributed by atoms with Gasteiger partial charge in [0.2, 0.25) is 5.91 Å². The standard InChI is InChI=1S/C16H15N3O/c1-2-15(20)17-12-8-4-3-7-11(12)16-18-13-9-5-6-10-14(13)19-16/h3-10H,2H2,1H3,(H,17,20)(H,18,19). The van der Waals surface area contributed by atoms with Crippen LogP contribution in [0.15, 0.2) is 48.5 Å². The number of para-hydroxylation sites is 3. The minimum atomic E-state index is -0.00596. The summed E-state index contributed by atoms with van der Waals surface area (Å²) in [4.78, 5) is 19.4. The summed E-state index contributed by atoms with van der Waals surface area (Å²) in [7, 11) is 0. The highest BCUT2D eigenvalue weighted by atomic mass is 16.1. The highest BCUT2D eigenvalue weighted by Gasteiger charge is 2.10. The fraction of sp³-hybridized carbons (Fsp3) is 0.125. The van der Waals surface area contributed by atoms with Gasteiger partial charge < -0.3 is 10.3 Å². The first kappa shape index (κ1) is 12.4. The van der Waals surface area contributed by atoms with Crippen molar-refractivity contribution in [3.05, 3.63) is 48.5 Å². The molecule has 0 aliphatic rings. The summed E-state index contributed by atoms with van der Waals surface area (Å²) in [5.41, 5.74) is 3.57. The number of nitrogens with one attached hydrogen (secondary N) is 2. The van der Waals surface area contributed by atoms with Crippen LogP contribution in [-0.4, -0.2) is 15.9 Å². The lowest BCUT2D eigenvalue weighted by Crippen LogP contribution is -2.10. The van der Waals surface area contributed by atoms with Crippen molar-refractivity contribution in [1.82, 2.24) is 9.97 Å². The van der Waals surface area contributed by atoms with Crippen molar-refractivity contribution in [2.45, 2.75) is 13.3 Å². The van der Waals surface area contributed by atoms with Crippen LogP contribution in [0.1, 0.15) is 13.3 Å². The van der Waals surface area contributed by atoms with Gasteiger partial charge in [-0.15, -0.1) is 0 Å². The molecule has 2 N–H and O–H groups in total. The molecule has 0 unspecified atom stereocenters. The Kier molecular flexibility index (Phi) is 3.21. The second kappa shape index (κ2) is 5.17. The van der Waals surface area contributed by atoms with E-state index in [1.807, 2.05) is 55.5 Å². The molecule has 0 saturated heterocycles. The maximum Gasteiger partial charge on any atom is 0.224 e. The van der Waals surface area contributed by atoms with Gasteiger partial charge in [-0.2, -0.15) is 0 Å². The molecule has 0 aliphatic heterocycles. The summed E-state index contributed by atoms with van der Waals surface area (Å²) >= 11 is 0. The van der Waals surface area contributed by atoms with E-state index in [9.17, 15) is 4.79 Å². The summed E-state index contributed by atoms with van der Waals surface area (Å²) in [6.45, 7) is 1.83. The van der Waals surface area contributed by atoms with Crippen LogP contribution >= 0.6 is 0 Å². The molecule has 20 heavy (non-hydrogen) atoms. The van der Waals surface area contributed by atoms with Crippen LogP contribution in [-0.2, 0) is 4.79 Å². The highest BCUT2D eigenvalue weighted by molar-refractivity contribution is 5.95. The first-order chi connectivity index (χ1) is 9.78. The lowest BCUT2D eigenvalue weighted by atomic mass is 10.1. The maximum absolute atomic E-state index is 11.6. The van der Waals surface area contributed by atoms with Gasteiger partial charge in [0.15, 0.2) is 0 Å². The van der Waals surface area contributed by atoms with Gasteiger partial charge in [0.05, 0.1) is 16.7 Å². The van der Waals surface area contributed by atoms with Gasteiger partial charge in [-0.1, -0.05) is 31.2 Å². The molecule has 0 radical (unpaired) electrons. The van der Waals surface area contributed by atoms with E-state index >= 15 is 0 Å². The number of hydrogen-bond donors (Lipinski definition) is 2. The largest absolute Gasteiger partial charge is 0.338 e. The lowest BCUT2D eigenvalue weighted by molar-refractivity contribution is -0.115. The molecule has 4 nitrogen and oxygen atoms in total. The summed E-state index contributed by atoms with van der Waals surface area (Å²) in [6, 6.07) is 15.5. The first-order valence-electron chi connectivity index (χ1n) is 6.62. The van der Waals surface area contributed by atoms with Crippen molar-refractivity contribution >= 4 is 22.6 Å². The number of amides is 1. The minimum absolute atomic E-state index is 0.00596. The van der Waals surface area contributed by atoms with Crippen LogP contribution in [0, 0.1) is 0 Å². The summed E-state index contributed by atoms with van der Waals surface area (Å²) in [5, 5.41) is 2.90. The molecule has 2 aromatic carbocycles. The average Bonchev–Trinajstić information content (AvgIpc) is 2.91. The molecular formula is C16H15N3O. The normalized spacial score (nSPS) is 10.7. The molecule has 3 aromatic rings. The summed E-state index contributed by atoms with van der Waals surface area (Å²) < 4.78 is 0. The SMILES string of the molecule is CCC(=O)Nc1ccccc1-c1nc2ccccc2[nH]1. The molecule has 1 heterocycles. The number of hydrogen-bond acceptors (Lipinski definition) is 2. The zero-order valence-electron chi connectivity index (χ0n) is 11.2. The molecule has 0 bridgehead atoms. The molecule has 0 fully saturated rings. The maximum atomic E-state index is 11.6. The smallest absolute Gasteiger partial charge is 0.224 e. The number of imidazole rings is 1. The molecule has 0 aliphatic carbocycles. The molecule has 4 heteroatoms. The Labute approximate surface area is 116 Å². The molecular weight excluding hydrogens is 250 g/mol. The van der Waals surface area contributed by atoms with E-state index in [0.29, 0.717) is 6.42 Å². The van der Waals surface area contributed by atoms with Gasteiger partial charge in [-0.3, -0.25) is 4.79 Å². The number of aromatic amines is 1. The van der Waals surface area contributed by atoms with Crippen LogP contribution in [0.3, 0.4) is 0 Å². The molecule has 0 spiro atoms. The van der Waals surface area contributed by atoms with E-state index in [4.69, 9.17) is 0 Å². The summed E-state index contributed by atoms with van der Waals surface area (Å²) in [6.07, 6.45) is 0.453. The number of anilines is 1. The van der Waals surface area contributed by atoms with Crippen LogP contribution in [0.25, 0.3) is 22.4 Å². The van der Waals surface area contributed by atoms with Gasteiger partial charge in [-0.05, 0) is 24.3 Å². The van der Waals surface area contributed by atoms with Crippen LogP contribution in [0.5, 0.6) is 0 Å². The molecule has 0 saturated carbocycles. The van der Waals surface area contributed by atoms with Crippen molar-refractivity contribution in [1.29, 1.82) is 0 Å². The van der Waals surface area contributed by atoms with Gasteiger partial charge >= 0.3 is 0 Å². The Morgan fingerprint density at radius 1 is 1.15 bits per heavy atom. The Morgan fingerprint density at radius 2 is 1.90 bits per heavy atom. The van der Waals surface area contributed by atoms with E-state index in [1.54, 1.807) is 0 Å². The topological polar surface area (TPSA) is 57.8 Å². The zero-order chi connectivity index (χ0) is 13.9. The Morgan fingerprint density at radius 3 is 2.70 bits per heavy atom. The quantitative estimate of drug-likeness (QED) is 0.760. The number of carbonyl (C=O) groups excluding carboxylic acids is 1. The molecule has 100 valence electrons. The van der Waals surface area contributed by atoms with Gasteiger partial charge in [-0.25, -0.2) is 4.98 Å². The second-order valence-corrected chi connectivity index (χ2v) is 4.55. The number of benzene rings is 2. The fourth-order valence-corrected chi connectivity index (χ4v) is 2.12. The van der Waals surface area contributed by atoms with Crippen LogP contribution in [0.4, 0.5) is 5.69 Å². The molecule has 1 aromatic heterocycles. The lowest BCUT2D eigenvalue weighted by Gasteiger charge is -2.08. The van der Waals surface area contributed by atoms with E-state index in [1.165, 1.54) is 0 Å². The first-order valence-corrected chi connectivity index (χ1v) is 6.62. The van der Waals surface area contributed by atoms with Crippen molar-refractivity contribution in [2.75, 3.05) is 5.32 Å². The van der Waals surface area contributed by atoms with Crippen molar-refractivity contribution in [3.63, 3.8) is 0 Å². The fourth-order valence-electron chi connectivity index (χ4n) is 2.12. The molecule has 0 atom stereocenters. The Hall–Kier alpha value is -2.62. The Balaban J connectivity index is 2.07. The Bertz CT molecular complexity index is 728. The predicted octanol–water partition coefficient (Wildman–Crippen LogP) is 3.58. The van der Waals surface area contributed by atoms with E-state index in [2.05, 4.69) is 15.3 Å². The van der Waals surface area contributed by atoms with Gasteiger partial charge in [0, 0.05) is 12.0 Å². The monoisotopic (exact) mass is 265 g/mol.